The molecule has 2 N–H and O–H groups in total. The van der Waals surface area contributed by atoms with Crippen molar-refractivity contribution in [3.05, 3.63) is 35.1 Å². The Morgan fingerprint density at radius 3 is 2.56 bits per heavy atom. The molecule has 0 aromatic heterocycles. The lowest BCUT2D eigenvalue weighted by molar-refractivity contribution is 0.595. The zero-order chi connectivity index (χ0) is 12.2. The molecule has 16 heavy (non-hydrogen) atoms. The molecule has 0 radical (unpaired) electrons. The molecule has 0 bridgehead atoms. The van der Waals surface area contributed by atoms with E-state index in [2.05, 4.69) is 0 Å². The van der Waals surface area contributed by atoms with Gasteiger partial charge in [0.1, 0.15) is 5.82 Å². The van der Waals surface area contributed by atoms with Crippen molar-refractivity contribution >= 4 is 9.84 Å². The minimum absolute atomic E-state index is 0.00712. The summed E-state index contributed by atoms with van der Waals surface area (Å²) >= 11 is 0. The Morgan fingerprint density at radius 2 is 2.00 bits per heavy atom. The van der Waals surface area contributed by atoms with Crippen LogP contribution in [0.4, 0.5) is 4.39 Å². The lowest BCUT2D eigenvalue weighted by atomic mass is 10.1. The Balaban J connectivity index is 2.65. The molecule has 1 aromatic rings. The van der Waals surface area contributed by atoms with Gasteiger partial charge in [-0.25, -0.2) is 12.8 Å². The van der Waals surface area contributed by atoms with Gasteiger partial charge < -0.3 is 5.73 Å². The first-order valence-corrected chi connectivity index (χ1v) is 6.92. The van der Waals surface area contributed by atoms with Crippen molar-refractivity contribution in [3.8, 4) is 0 Å². The van der Waals surface area contributed by atoms with Gasteiger partial charge in [0, 0.05) is 6.54 Å². The van der Waals surface area contributed by atoms with Crippen LogP contribution in [0.25, 0.3) is 0 Å². The predicted molar refractivity (Wildman–Crippen MR) is 62.5 cm³/mol. The molecule has 0 unspecified atom stereocenters. The first kappa shape index (κ1) is 13.1. The molecule has 5 heteroatoms. The summed E-state index contributed by atoms with van der Waals surface area (Å²) in [6.45, 7) is 1.80. The quantitative estimate of drug-likeness (QED) is 0.843. The van der Waals surface area contributed by atoms with Gasteiger partial charge in [-0.15, -0.1) is 0 Å². The van der Waals surface area contributed by atoms with Gasteiger partial charge in [0.15, 0.2) is 9.84 Å². The minimum Gasteiger partial charge on any atom is -0.329 e. The molecule has 3 nitrogen and oxygen atoms in total. The third-order valence-corrected chi connectivity index (χ3v) is 4.04. The van der Waals surface area contributed by atoms with Crippen molar-refractivity contribution in [1.82, 2.24) is 0 Å². The molecule has 0 aliphatic rings. The second-order valence-electron chi connectivity index (χ2n) is 3.77. The van der Waals surface area contributed by atoms with Crippen molar-refractivity contribution in [1.29, 1.82) is 0 Å². The number of aryl methyl sites for hydroxylation is 2. The van der Waals surface area contributed by atoms with Crippen LogP contribution >= 0.6 is 0 Å². The second-order valence-corrected chi connectivity index (χ2v) is 6.08. The van der Waals surface area contributed by atoms with E-state index in [0.717, 1.165) is 5.56 Å². The summed E-state index contributed by atoms with van der Waals surface area (Å²) in [5.41, 5.74) is 6.57. The third-order valence-electron chi connectivity index (χ3n) is 2.35. The summed E-state index contributed by atoms with van der Waals surface area (Å²) in [6.07, 6.45) is 0.406. The Morgan fingerprint density at radius 1 is 1.31 bits per heavy atom. The summed E-state index contributed by atoms with van der Waals surface area (Å²) in [6, 6.07) is 4.65. The summed E-state index contributed by atoms with van der Waals surface area (Å²) < 4.78 is 35.8. The monoisotopic (exact) mass is 245 g/mol. The average Bonchev–Trinajstić information content (AvgIpc) is 2.20. The Bertz CT molecular complexity index is 457. The van der Waals surface area contributed by atoms with E-state index in [-0.39, 0.29) is 23.9 Å². The second kappa shape index (κ2) is 5.41. The molecular formula is C11H16FNO2S. The maximum Gasteiger partial charge on any atom is 0.151 e. The number of nitrogens with two attached hydrogens (primary N) is 1. The average molecular weight is 245 g/mol. The lowest BCUT2D eigenvalue weighted by Crippen LogP contribution is -2.19. The highest BCUT2D eigenvalue weighted by atomic mass is 32.2. The first-order valence-electron chi connectivity index (χ1n) is 5.10. The van der Waals surface area contributed by atoms with Gasteiger partial charge in [0.2, 0.25) is 0 Å². The van der Waals surface area contributed by atoms with Crippen LogP contribution in [0.2, 0.25) is 0 Å². The molecule has 0 heterocycles. The molecule has 1 aromatic carbocycles. The third kappa shape index (κ3) is 3.90. The maximum atomic E-state index is 13.0. The van der Waals surface area contributed by atoms with E-state index >= 15 is 0 Å². The fourth-order valence-corrected chi connectivity index (χ4v) is 2.53. The number of benzene rings is 1. The van der Waals surface area contributed by atoms with Crippen LogP contribution in [-0.2, 0) is 16.3 Å². The SMILES string of the molecule is Cc1cc(CCS(=O)(=O)CCN)ccc1F. The molecule has 0 fully saturated rings. The number of hydrogen-bond donors (Lipinski definition) is 1. The standard InChI is InChI=1S/C11H16FNO2S/c1-9-8-10(2-3-11(9)12)4-6-16(14,15)7-5-13/h2-3,8H,4-7,13H2,1H3. The predicted octanol–water partition coefficient (Wildman–Crippen LogP) is 1.05. The summed E-state index contributed by atoms with van der Waals surface area (Å²) in [5.74, 6) is -0.198. The topological polar surface area (TPSA) is 60.2 Å². The summed E-state index contributed by atoms with van der Waals surface area (Å²) in [7, 11) is -3.07. The molecule has 0 aliphatic heterocycles. The largest absolute Gasteiger partial charge is 0.329 e. The van der Waals surface area contributed by atoms with Crippen LogP contribution in [0.15, 0.2) is 18.2 Å². The van der Waals surface area contributed by atoms with E-state index in [9.17, 15) is 12.8 Å². The molecule has 0 saturated heterocycles. The highest BCUT2D eigenvalue weighted by Crippen LogP contribution is 2.10. The zero-order valence-electron chi connectivity index (χ0n) is 9.24. The molecule has 0 saturated carbocycles. The van der Waals surface area contributed by atoms with Crippen molar-refractivity contribution in [3.63, 3.8) is 0 Å². The Labute approximate surface area is 95.4 Å². The van der Waals surface area contributed by atoms with E-state index in [4.69, 9.17) is 5.73 Å². The van der Waals surface area contributed by atoms with E-state index in [0.29, 0.717) is 12.0 Å². The van der Waals surface area contributed by atoms with Gasteiger partial charge in [-0.2, -0.15) is 0 Å². The summed E-state index contributed by atoms with van der Waals surface area (Å²) in [4.78, 5) is 0. The highest BCUT2D eigenvalue weighted by molar-refractivity contribution is 7.91. The van der Waals surface area contributed by atoms with Crippen molar-refractivity contribution in [2.75, 3.05) is 18.1 Å². The molecule has 0 aliphatic carbocycles. The van der Waals surface area contributed by atoms with Gasteiger partial charge in [-0.3, -0.25) is 0 Å². The van der Waals surface area contributed by atoms with E-state index < -0.39 is 9.84 Å². The van der Waals surface area contributed by atoms with Crippen LogP contribution in [0.5, 0.6) is 0 Å². The number of sulfone groups is 1. The van der Waals surface area contributed by atoms with Crippen molar-refractivity contribution in [2.45, 2.75) is 13.3 Å². The van der Waals surface area contributed by atoms with Crippen LogP contribution < -0.4 is 5.73 Å². The van der Waals surface area contributed by atoms with Crippen LogP contribution in [0.1, 0.15) is 11.1 Å². The molecule has 0 spiro atoms. The van der Waals surface area contributed by atoms with E-state index in [1.54, 1.807) is 19.1 Å². The molecule has 90 valence electrons. The Hall–Kier alpha value is -0.940. The van der Waals surface area contributed by atoms with Gasteiger partial charge >= 0.3 is 0 Å². The smallest absolute Gasteiger partial charge is 0.151 e. The Kier molecular flexibility index (Phi) is 4.44. The maximum absolute atomic E-state index is 13.0. The first-order chi connectivity index (χ1) is 7.44. The molecular weight excluding hydrogens is 229 g/mol. The lowest BCUT2D eigenvalue weighted by Gasteiger charge is -2.04. The fourth-order valence-electron chi connectivity index (χ4n) is 1.42. The van der Waals surface area contributed by atoms with E-state index in [1.165, 1.54) is 6.07 Å². The normalized spacial score (nSPS) is 11.7. The van der Waals surface area contributed by atoms with Crippen molar-refractivity contribution in [2.24, 2.45) is 5.73 Å². The fraction of sp³-hybridized carbons (Fsp3) is 0.455. The summed E-state index contributed by atoms with van der Waals surface area (Å²) in [5, 5.41) is 0. The minimum atomic E-state index is -3.07. The number of hydrogen-bond acceptors (Lipinski definition) is 3. The van der Waals surface area contributed by atoms with Gasteiger partial charge in [-0.1, -0.05) is 12.1 Å². The number of rotatable bonds is 5. The van der Waals surface area contributed by atoms with Crippen LogP contribution in [-0.4, -0.2) is 26.5 Å². The number of halogens is 1. The highest BCUT2D eigenvalue weighted by Gasteiger charge is 2.10. The van der Waals surface area contributed by atoms with Gasteiger partial charge in [0.05, 0.1) is 11.5 Å². The van der Waals surface area contributed by atoms with Gasteiger partial charge in [0.25, 0.3) is 0 Å². The molecule has 0 atom stereocenters. The van der Waals surface area contributed by atoms with Gasteiger partial charge in [-0.05, 0) is 30.5 Å². The van der Waals surface area contributed by atoms with Crippen LogP contribution in [0, 0.1) is 12.7 Å². The zero-order valence-corrected chi connectivity index (χ0v) is 10.1. The van der Waals surface area contributed by atoms with Crippen LogP contribution in [0.3, 0.4) is 0 Å². The molecule has 0 amide bonds. The van der Waals surface area contributed by atoms with Crippen molar-refractivity contribution < 1.29 is 12.8 Å². The van der Waals surface area contributed by atoms with E-state index in [1.807, 2.05) is 0 Å². The molecule has 1 rings (SSSR count).